The summed E-state index contributed by atoms with van der Waals surface area (Å²) >= 11 is 0. The summed E-state index contributed by atoms with van der Waals surface area (Å²) in [5, 5.41) is 4.70. The van der Waals surface area contributed by atoms with Crippen molar-refractivity contribution in [2.75, 3.05) is 19.8 Å². The Bertz CT molecular complexity index is 214. The van der Waals surface area contributed by atoms with Crippen LogP contribution in [0.4, 0.5) is 0 Å². The topological polar surface area (TPSA) is 81.4 Å². The smallest absolute Gasteiger partial charge is 0.274 e. The van der Waals surface area contributed by atoms with Gasteiger partial charge in [0.2, 0.25) is 0 Å². The highest BCUT2D eigenvalue weighted by molar-refractivity contribution is 7.87. The molecule has 13 heavy (non-hydrogen) atoms. The van der Waals surface area contributed by atoms with E-state index in [-0.39, 0.29) is 6.54 Å². The fourth-order valence-corrected chi connectivity index (χ4v) is 1.05. The summed E-state index contributed by atoms with van der Waals surface area (Å²) in [6.45, 7) is 5.46. The lowest BCUT2D eigenvalue weighted by atomic mass is 10.1. The number of rotatable bonds is 7. The summed E-state index contributed by atoms with van der Waals surface area (Å²) in [5.74, 6) is 0.603. The van der Waals surface area contributed by atoms with Crippen molar-refractivity contribution in [2.24, 2.45) is 11.1 Å². The summed E-state index contributed by atoms with van der Waals surface area (Å²) in [5.41, 5.74) is 0. The van der Waals surface area contributed by atoms with Crippen molar-refractivity contribution >= 4 is 10.2 Å². The molecule has 0 rings (SSSR count). The van der Waals surface area contributed by atoms with Gasteiger partial charge in [-0.05, 0) is 12.3 Å². The molecule has 0 aliphatic carbocycles. The van der Waals surface area contributed by atoms with Crippen LogP contribution >= 0.6 is 0 Å². The van der Waals surface area contributed by atoms with Crippen LogP contribution < -0.4 is 9.86 Å². The Morgan fingerprint density at radius 1 is 1.38 bits per heavy atom. The highest BCUT2D eigenvalue weighted by Gasteiger charge is 1.99. The summed E-state index contributed by atoms with van der Waals surface area (Å²) in [6.07, 6.45) is 0.982. The second kappa shape index (κ2) is 6.31. The zero-order valence-corrected chi connectivity index (χ0v) is 8.93. The van der Waals surface area contributed by atoms with E-state index in [2.05, 4.69) is 18.6 Å². The molecule has 0 fully saturated rings. The molecule has 0 unspecified atom stereocenters. The van der Waals surface area contributed by atoms with Gasteiger partial charge in [-0.3, -0.25) is 0 Å². The molecule has 0 aliphatic heterocycles. The van der Waals surface area contributed by atoms with E-state index in [1.54, 1.807) is 0 Å². The van der Waals surface area contributed by atoms with Gasteiger partial charge in [-0.15, -0.1) is 0 Å². The van der Waals surface area contributed by atoms with E-state index in [0.29, 0.717) is 19.1 Å². The number of nitrogens with two attached hydrogens (primary N) is 1. The zero-order chi connectivity index (χ0) is 10.3. The Morgan fingerprint density at radius 2 is 2.00 bits per heavy atom. The van der Waals surface area contributed by atoms with E-state index in [4.69, 9.17) is 9.88 Å². The maximum atomic E-state index is 10.4. The summed E-state index contributed by atoms with van der Waals surface area (Å²) < 4.78 is 28.1. The minimum Gasteiger partial charge on any atom is -0.380 e. The molecule has 0 spiro atoms. The van der Waals surface area contributed by atoms with Crippen LogP contribution in [0.2, 0.25) is 0 Å². The quantitative estimate of drug-likeness (QED) is 0.573. The van der Waals surface area contributed by atoms with Crippen LogP contribution in [0.15, 0.2) is 0 Å². The van der Waals surface area contributed by atoms with Gasteiger partial charge in [-0.1, -0.05) is 13.8 Å². The second-order valence-corrected chi connectivity index (χ2v) is 4.61. The lowest BCUT2D eigenvalue weighted by Crippen LogP contribution is -2.33. The van der Waals surface area contributed by atoms with Crippen LogP contribution in [0, 0.1) is 5.92 Å². The fraction of sp³-hybridized carbons (Fsp3) is 1.00. The number of hydrogen-bond donors (Lipinski definition) is 2. The molecule has 5 nitrogen and oxygen atoms in total. The van der Waals surface area contributed by atoms with Gasteiger partial charge >= 0.3 is 0 Å². The first-order valence-corrected chi connectivity index (χ1v) is 5.81. The van der Waals surface area contributed by atoms with Gasteiger partial charge in [0.25, 0.3) is 10.2 Å². The Kier molecular flexibility index (Phi) is 6.23. The molecule has 80 valence electrons. The minimum atomic E-state index is -3.56. The van der Waals surface area contributed by atoms with E-state index >= 15 is 0 Å². The van der Waals surface area contributed by atoms with Gasteiger partial charge in [0.05, 0.1) is 6.61 Å². The van der Waals surface area contributed by atoms with Gasteiger partial charge in [0.1, 0.15) is 0 Å². The first-order valence-electron chi connectivity index (χ1n) is 4.27. The maximum absolute atomic E-state index is 10.4. The van der Waals surface area contributed by atoms with Crippen LogP contribution in [0.3, 0.4) is 0 Å². The molecule has 0 aromatic rings. The molecule has 0 aromatic carbocycles. The second-order valence-electron chi connectivity index (χ2n) is 3.23. The third-order valence-corrected chi connectivity index (χ3v) is 2.00. The first-order chi connectivity index (χ1) is 5.92. The number of nitrogens with one attached hydrogen (secondary N) is 1. The molecule has 0 saturated carbocycles. The SMILES string of the molecule is CC(C)CCOCCNS(N)(=O)=O. The minimum absolute atomic E-state index is 0.233. The molecule has 0 heterocycles. The van der Waals surface area contributed by atoms with Gasteiger partial charge < -0.3 is 4.74 Å². The van der Waals surface area contributed by atoms with Crippen LogP contribution in [-0.2, 0) is 14.9 Å². The van der Waals surface area contributed by atoms with Crippen LogP contribution in [-0.4, -0.2) is 28.2 Å². The molecule has 0 bridgehead atoms. The molecule has 6 heteroatoms. The third kappa shape index (κ3) is 11.8. The highest BCUT2D eigenvalue weighted by Crippen LogP contribution is 1.98. The molecule has 3 N–H and O–H groups in total. The van der Waals surface area contributed by atoms with E-state index in [9.17, 15) is 8.42 Å². The predicted molar refractivity (Wildman–Crippen MR) is 51.4 cm³/mol. The Balaban J connectivity index is 3.18. The first kappa shape index (κ1) is 12.8. The highest BCUT2D eigenvalue weighted by atomic mass is 32.2. The molecule has 0 saturated heterocycles. The van der Waals surface area contributed by atoms with Crippen molar-refractivity contribution in [3.63, 3.8) is 0 Å². The summed E-state index contributed by atoms with van der Waals surface area (Å²) in [4.78, 5) is 0. The molecule has 0 aliphatic rings. The standard InChI is InChI=1S/C7H18N2O3S/c1-7(2)3-5-12-6-4-9-13(8,10)11/h7,9H,3-6H2,1-2H3,(H2,8,10,11). The Hall–Kier alpha value is -0.170. The van der Waals surface area contributed by atoms with Gasteiger partial charge in [-0.2, -0.15) is 8.42 Å². The normalized spacial score (nSPS) is 12.3. The van der Waals surface area contributed by atoms with Crippen LogP contribution in [0.1, 0.15) is 20.3 Å². The van der Waals surface area contributed by atoms with Crippen molar-refractivity contribution < 1.29 is 13.2 Å². The molecular formula is C7H18N2O3S. The average molecular weight is 210 g/mol. The summed E-state index contributed by atoms with van der Waals surface area (Å²) in [7, 11) is -3.56. The summed E-state index contributed by atoms with van der Waals surface area (Å²) in [6, 6.07) is 0. The van der Waals surface area contributed by atoms with E-state index in [1.165, 1.54) is 0 Å². The molecule has 0 amide bonds. The molecular weight excluding hydrogens is 192 g/mol. The Labute approximate surface area is 79.8 Å². The van der Waals surface area contributed by atoms with Gasteiger partial charge in [-0.25, -0.2) is 9.86 Å². The number of hydrogen-bond acceptors (Lipinski definition) is 3. The van der Waals surface area contributed by atoms with E-state index < -0.39 is 10.2 Å². The van der Waals surface area contributed by atoms with Crippen molar-refractivity contribution in [3.8, 4) is 0 Å². The molecule has 0 atom stereocenters. The van der Waals surface area contributed by atoms with Crippen LogP contribution in [0.5, 0.6) is 0 Å². The lowest BCUT2D eigenvalue weighted by Gasteiger charge is -2.06. The van der Waals surface area contributed by atoms with Gasteiger partial charge in [0.15, 0.2) is 0 Å². The third-order valence-electron chi connectivity index (χ3n) is 1.39. The predicted octanol–water partition coefficient (Wildman–Crippen LogP) is -0.158. The van der Waals surface area contributed by atoms with Crippen molar-refractivity contribution in [1.29, 1.82) is 0 Å². The largest absolute Gasteiger partial charge is 0.380 e. The average Bonchev–Trinajstić information content (AvgIpc) is 1.93. The van der Waals surface area contributed by atoms with E-state index in [1.807, 2.05) is 0 Å². The zero-order valence-electron chi connectivity index (χ0n) is 8.12. The Morgan fingerprint density at radius 3 is 2.46 bits per heavy atom. The molecule has 0 radical (unpaired) electrons. The van der Waals surface area contributed by atoms with Gasteiger partial charge in [0, 0.05) is 13.2 Å². The maximum Gasteiger partial charge on any atom is 0.274 e. The molecule has 0 aromatic heterocycles. The monoisotopic (exact) mass is 210 g/mol. The number of ether oxygens (including phenoxy) is 1. The lowest BCUT2D eigenvalue weighted by molar-refractivity contribution is 0.128. The van der Waals surface area contributed by atoms with Crippen molar-refractivity contribution in [1.82, 2.24) is 4.72 Å². The fourth-order valence-electron chi connectivity index (χ4n) is 0.677. The van der Waals surface area contributed by atoms with Crippen molar-refractivity contribution in [2.45, 2.75) is 20.3 Å². The van der Waals surface area contributed by atoms with E-state index in [0.717, 1.165) is 6.42 Å². The van der Waals surface area contributed by atoms with Crippen molar-refractivity contribution in [3.05, 3.63) is 0 Å². The van der Waals surface area contributed by atoms with Crippen LogP contribution in [0.25, 0.3) is 0 Å².